The second kappa shape index (κ2) is 9.55. The van der Waals surface area contributed by atoms with Gasteiger partial charge in [0.2, 0.25) is 0 Å². The minimum absolute atomic E-state index is 0.143. The van der Waals surface area contributed by atoms with E-state index in [1.807, 2.05) is 6.08 Å². The van der Waals surface area contributed by atoms with Crippen LogP contribution in [0.25, 0.3) is 0 Å². The number of rotatable bonds is 6. The third-order valence-corrected chi connectivity index (χ3v) is 4.54. The van der Waals surface area contributed by atoms with E-state index in [9.17, 15) is 9.18 Å². The monoisotopic (exact) mass is 346 g/mol. The Balaban J connectivity index is 2.88. The van der Waals surface area contributed by atoms with Gasteiger partial charge in [0, 0.05) is 6.08 Å². The molecule has 0 spiro atoms. The molecule has 0 aromatic heterocycles. The van der Waals surface area contributed by atoms with Crippen LogP contribution < -0.4 is 0 Å². The number of carbonyl (C=O) groups excluding carboxylic acids is 1. The molecule has 0 unspecified atom stereocenters. The summed E-state index contributed by atoms with van der Waals surface area (Å²) in [5, 5.41) is 0. The molecule has 3 heteroatoms. The Bertz CT molecular complexity index is 643. The number of halogens is 1. The molecule has 0 atom stereocenters. The highest BCUT2D eigenvalue weighted by Gasteiger charge is 2.26. The number of hydrogen-bond acceptors (Lipinski definition) is 2. The Hall–Kier alpha value is -1.90. The van der Waals surface area contributed by atoms with Crippen LogP contribution in [0.2, 0.25) is 0 Å². The molecular weight excluding hydrogens is 315 g/mol. The van der Waals surface area contributed by atoms with Crippen LogP contribution in [-0.2, 0) is 9.53 Å². The smallest absolute Gasteiger partial charge is 0.330 e. The van der Waals surface area contributed by atoms with E-state index < -0.39 is 5.97 Å². The molecule has 0 heterocycles. The molecule has 25 heavy (non-hydrogen) atoms. The van der Waals surface area contributed by atoms with Gasteiger partial charge in [0.25, 0.3) is 0 Å². The maximum atomic E-state index is 14.3. The van der Waals surface area contributed by atoms with Crippen LogP contribution in [0.4, 0.5) is 4.39 Å². The Morgan fingerprint density at radius 1 is 1.24 bits per heavy atom. The number of allylic oxidation sites excluding steroid dienone is 9. The summed E-state index contributed by atoms with van der Waals surface area (Å²) in [6.45, 7) is 12.2. The van der Waals surface area contributed by atoms with E-state index in [0.717, 1.165) is 12.8 Å². The van der Waals surface area contributed by atoms with Crippen molar-refractivity contribution in [3.8, 4) is 0 Å². The van der Waals surface area contributed by atoms with Gasteiger partial charge in [-0.25, -0.2) is 9.18 Å². The van der Waals surface area contributed by atoms with E-state index in [1.165, 1.54) is 29.7 Å². The predicted molar refractivity (Wildman–Crippen MR) is 103 cm³/mol. The lowest BCUT2D eigenvalue weighted by atomic mass is 9.72. The van der Waals surface area contributed by atoms with Crippen molar-refractivity contribution in [2.75, 3.05) is 6.61 Å². The van der Waals surface area contributed by atoms with Crippen molar-refractivity contribution in [1.29, 1.82) is 0 Å². The van der Waals surface area contributed by atoms with Crippen LogP contribution in [0.15, 0.2) is 58.5 Å². The fourth-order valence-electron chi connectivity index (χ4n) is 3.05. The van der Waals surface area contributed by atoms with E-state index in [2.05, 4.69) is 26.8 Å². The Morgan fingerprint density at radius 2 is 1.92 bits per heavy atom. The van der Waals surface area contributed by atoms with Crippen molar-refractivity contribution >= 4 is 5.97 Å². The van der Waals surface area contributed by atoms with Gasteiger partial charge in [0.1, 0.15) is 5.83 Å². The molecule has 0 aromatic carbocycles. The number of ether oxygens (including phenoxy) is 1. The van der Waals surface area contributed by atoms with Gasteiger partial charge in [-0.05, 0) is 75.2 Å². The molecule has 0 saturated heterocycles. The molecule has 2 nitrogen and oxygen atoms in total. The Morgan fingerprint density at radius 3 is 2.52 bits per heavy atom. The van der Waals surface area contributed by atoms with E-state index in [4.69, 9.17) is 4.74 Å². The molecule has 1 aliphatic carbocycles. The zero-order valence-corrected chi connectivity index (χ0v) is 16.4. The van der Waals surface area contributed by atoms with Crippen molar-refractivity contribution in [3.05, 3.63) is 58.5 Å². The van der Waals surface area contributed by atoms with Crippen LogP contribution in [-0.4, -0.2) is 12.6 Å². The third-order valence-electron chi connectivity index (χ3n) is 4.54. The van der Waals surface area contributed by atoms with Crippen molar-refractivity contribution in [2.24, 2.45) is 5.41 Å². The first-order valence-corrected chi connectivity index (χ1v) is 8.95. The predicted octanol–water partition coefficient (Wildman–Crippen LogP) is 6.38. The van der Waals surface area contributed by atoms with Crippen molar-refractivity contribution < 1.29 is 13.9 Å². The molecule has 1 aliphatic rings. The molecular formula is C22H31FO2. The summed E-state index contributed by atoms with van der Waals surface area (Å²) >= 11 is 0. The minimum atomic E-state index is -0.410. The van der Waals surface area contributed by atoms with Crippen LogP contribution in [0.5, 0.6) is 0 Å². The molecule has 0 N–H and O–H groups in total. The summed E-state index contributed by atoms with van der Waals surface area (Å²) in [7, 11) is 0. The third kappa shape index (κ3) is 6.85. The summed E-state index contributed by atoms with van der Waals surface area (Å²) in [6, 6.07) is 0. The largest absolute Gasteiger partial charge is 0.463 e. The van der Waals surface area contributed by atoms with Crippen molar-refractivity contribution in [2.45, 2.75) is 60.8 Å². The Kier molecular flexibility index (Phi) is 8.08. The molecule has 0 radical (unpaired) electrons. The molecule has 0 aromatic rings. The van der Waals surface area contributed by atoms with Crippen LogP contribution in [0, 0.1) is 5.41 Å². The summed E-state index contributed by atoms with van der Waals surface area (Å²) < 4.78 is 19.1. The highest BCUT2D eigenvalue weighted by atomic mass is 19.1. The van der Waals surface area contributed by atoms with Crippen molar-refractivity contribution in [3.63, 3.8) is 0 Å². The van der Waals surface area contributed by atoms with E-state index in [1.54, 1.807) is 26.8 Å². The molecule has 138 valence electrons. The van der Waals surface area contributed by atoms with Gasteiger partial charge in [-0.1, -0.05) is 37.6 Å². The number of esters is 1. The number of hydrogen-bond donors (Lipinski definition) is 0. The molecule has 0 bridgehead atoms. The van der Waals surface area contributed by atoms with Gasteiger partial charge in [-0.15, -0.1) is 0 Å². The average Bonchev–Trinajstić information content (AvgIpc) is 2.51. The summed E-state index contributed by atoms with van der Waals surface area (Å²) in [5.74, 6) is -0.715. The van der Waals surface area contributed by atoms with Crippen molar-refractivity contribution in [1.82, 2.24) is 0 Å². The molecule has 0 amide bonds. The van der Waals surface area contributed by atoms with Crippen LogP contribution in [0.1, 0.15) is 60.8 Å². The van der Waals surface area contributed by atoms with Gasteiger partial charge in [0.05, 0.1) is 6.61 Å². The highest BCUT2D eigenvalue weighted by Crippen LogP contribution is 2.40. The summed E-state index contributed by atoms with van der Waals surface area (Å²) in [5.41, 5.74) is 4.07. The normalized spacial score (nSPS) is 19.6. The van der Waals surface area contributed by atoms with Gasteiger partial charge >= 0.3 is 5.97 Å². The minimum Gasteiger partial charge on any atom is -0.463 e. The average molecular weight is 346 g/mol. The molecule has 1 rings (SSSR count). The standard InChI is InChI=1S/C22H31FO2/c1-7-25-21(24)15-16(2)10-13-20(23)18(4)11-12-19-17(3)9-8-14-22(19,5)6/h10-13,15H,7-9,14H2,1-6H3/b12-11+,13-10+,16-15+,20-18-. The first kappa shape index (κ1) is 21.1. The van der Waals surface area contributed by atoms with Crippen LogP contribution in [0.3, 0.4) is 0 Å². The summed E-state index contributed by atoms with van der Waals surface area (Å²) in [6.07, 6.45) is 11.7. The van der Waals surface area contributed by atoms with Gasteiger partial charge in [-0.3, -0.25) is 0 Å². The Labute approximate surface area is 151 Å². The summed E-state index contributed by atoms with van der Waals surface area (Å²) in [4.78, 5) is 11.3. The lowest BCUT2D eigenvalue weighted by molar-refractivity contribution is -0.137. The fourth-order valence-corrected chi connectivity index (χ4v) is 3.05. The zero-order valence-electron chi connectivity index (χ0n) is 16.4. The van der Waals surface area contributed by atoms with Gasteiger partial charge in [0.15, 0.2) is 0 Å². The molecule has 0 fully saturated rings. The number of carbonyl (C=O) groups is 1. The van der Waals surface area contributed by atoms with E-state index in [0.29, 0.717) is 17.8 Å². The topological polar surface area (TPSA) is 26.3 Å². The van der Waals surface area contributed by atoms with E-state index >= 15 is 0 Å². The van der Waals surface area contributed by atoms with Crippen LogP contribution >= 0.6 is 0 Å². The molecule has 0 aliphatic heterocycles. The van der Waals surface area contributed by atoms with Gasteiger partial charge < -0.3 is 4.74 Å². The zero-order chi connectivity index (χ0) is 19.0. The highest BCUT2D eigenvalue weighted by molar-refractivity contribution is 5.83. The lowest BCUT2D eigenvalue weighted by Gasteiger charge is -2.32. The maximum Gasteiger partial charge on any atom is 0.330 e. The second-order valence-corrected chi connectivity index (χ2v) is 7.27. The lowest BCUT2D eigenvalue weighted by Crippen LogP contribution is -2.19. The quantitative estimate of drug-likeness (QED) is 0.317. The second-order valence-electron chi connectivity index (χ2n) is 7.27. The SMILES string of the molecule is CCOC(=O)/C=C(C)/C=C/C(F)=C(C)/C=C/C1=C(C)CCCC1(C)C. The fraction of sp³-hybridized carbons (Fsp3) is 0.500. The maximum absolute atomic E-state index is 14.3. The molecule has 0 saturated carbocycles. The van der Waals surface area contributed by atoms with Gasteiger partial charge in [-0.2, -0.15) is 0 Å². The van der Waals surface area contributed by atoms with E-state index in [-0.39, 0.29) is 11.2 Å². The first-order valence-electron chi connectivity index (χ1n) is 8.95. The first-order chi connectivity index (χ1) is 11.7.